The summed E-state index contributed by atoms with van der Waals surface area (Å²) < 4.78 is 4.71. The van der Waals surface area contributed by atoms with Gasteiger partial charge in [0, 0.05) is 11.6 Å². The summed E-state index contributed by atoms with van der Waals surface area (Å²) in [5, 5.41) is 12.8. The third-order valence-electron chi connectivity index (χ3n) is 4.35. The molecule has 6 nitrogen and oxygen atoms in total. The smallest absolute Gasteiger partial charge is 0.319 e. The maximum Gasteiger partial charge on any atom is 0.319 e. The van der Waals surface area contributed by atoms with Crippen LogP contribution in [-0.2, 0) is 20.9 Å². The lowest BCUT2D eigenvalue weighted by Crippen LogP contribution is -2.49. The van der Waals surface area contributed by atoms with Crippen LogP contribution < -0.4 is 5.32 Å². The van der Waals surface area contributed by atoms with Gasteiger partial charge in [-0.15, -0.1) is 0 Å². The molecule has 1 N–H and O–H groups in total. The van der Waals surface area contributed by atoms with Gasteiger partial charge < -0.3 is 10.1 Å². The fourth-order valence-corrected chi connectivity index (χ4v) is 3.23. The molecule has 7 heteroatoms. The van der Waals surface area contributed by atoms with Crippen molar-refractivity contribution in [2.45, 2.75) is 37.8 Å². The number of nitrogens with one attached hydrogen (secondary N) is 1. The summed E-state index contributed by atoms with van der Waals surface area (Å²) in [6, 6.07) is 9.50. The zero-order valence-corrected chi connectivity index (χ0v) is 15.0. The summed E-state index contributed by atoms with van der Waals surface area (Å²) in [5.41, 5.74) is 0.0371. The number of carbonyl (C=O) groups is 2. The third kappa shape index (κ3) is 5.45. The van der Waals surface area contributed by atoms with Crippen LogP contribution in [0, 0.1) is 11.3 Å². The van der Waals surface area contributed by atoms with E-state index in [2.05, 4.69) is 11.4 Å². The Balaban J connectivity index is 2.05. The van der Waals surface area contributed by atoms with Gasteiger partial charge in [0.1, 0.15) is 5.54 Å². The number of carbonyl (C=O) groups excluding carboxylic acids is 2. The van der Waals surface area contributed by atoms with E-state index < -0.39 is 11.5 Å². The van der Waals surface area contributed by atoms with E-state index in [9.17, 15) is 14.9 Å². The highest BCUT2D eigenvalue weighted by Crippen LogP contribution is 2.28. The molecule has 1 aliphatic carbocycles. The van der Waals surface area contributed by atoms with Crippen molar-refractivity contribution in [3.05, 3.63) is 34.9 Å². The zero-order valence-electron chi connectivity index (χ0n) is 14.3. The third-order valence-corrected chi connectivity index (χ3v) is 4.72. The second-order valence-electron chi connectivity index (χ2n) is 6.26. The number of hydrogen-bond donors (Lipinski definition) is 1. The number of methoxy groups -OCH3 is 1. The highest BCUT2D eigenvalue weighted by atomic mass is 35.5. The second kappa shape index (κ2) is 8.84. The Morgan fingerprint density at radius 2 is 2.00 bits per heavy atom. The lowest BCUT2D eigenvalue weighted by atomic mass is 10.00. The molecule has 1 aliphatic rings. The lowest BCUT2D eigenvalue weighted by molar-refractivity contribution is -0.142. The van der Waals surface area contributed by atoms with Crippen LogP contribution in [-0.4, -0.2) is 42.5 Å². The van der Waals surface area contributed by atoms with E-state index in [0.717, 1.165) is 18.4 Å². The van der Waals surface area contributed by atoms with Gasteiger partial charge >= 0.3 is 5.97 Å². The first kappa shape index (κ1) is 19.2. The number of nitriles is 1. The monoisotopic (exact) mass is 363 g/mol. The first-order chi connectivity index (χ1) is 12.0. The van der Waals surface area contributed by atoms with Crippen LogP contribution >= 0.6 is 11.6 Å². The first-order valence-electron chi connectivity index (χ1n) is 8.23. The molecule has 0 atom stereocenters. The van der Waals surface area contributed by atoms with E-state index in [-0.39, 0.29) is 19.0 Å². The number of nitrogens with zero attached hydrogens (tertiary/aromatic N) is 2. The molecule has 0 spiro atoms. The summed E-state index contributed by atoms with van der Waals surface area (Å²) >= 11 is 6.17. The molecule has 25 heavy (non-hydrogen) atoms. The number of esters is 1. The summed E-state index contributed by atoms with van der Waals surface area (Å²) in [4.78, 5) is 25.7. The van der Waals surface area contributed by atoms with Crippen LogP contribution in [0.2, 0.25) is 5.02 Å². The van der Waals surface area contributed by atoms with Crippen molar-refractivity contribution in [1.82, 2.24) is 10.2 Å². The summed E-state index contributed by atoms with van der Waals surface area (Å²) in [5.74, 6) is -0.713. The number of hydrogen-bond acceptors (Lipinski definition) is 5. The van der Waals surface area contributed by atoms with Crippen LogP contribution in [0.1, 0.15) is 31.2 Å². The summed E-state index contributed by atoms with van der Waals surface area (Å²) in [7, 11) is 1.30. The molecule has 0 unspecified atom stereocenters. The highest BCUT2D eigenvalue weighted by molar-refractivity contribution is 6.31. The molecule has 134 valence electrons. The molecule has 0 heterocycles. The number of benzene rings is 1. The van der Waals surface area contributed by atoms with Gasteiger partial charge in [0.2, 0.25) is 5.91 Å². The van der Waals surface area contributed by atoms with Gasteiger partial charge in [0.25, 0.3) is 0 Å². The number of amides is 1. The molecule has 0 radical (unpaired) electrons. The van der Waals surface area contributed by atoms with Crippen molar-refractivity contribution in [3.8, 4) is 6.07 Å². The zero-order chi connectivity index (χ0) is 18.3. The number of ether oxygens (including phenoxy) is 1. The van der Waals surface area contributed by atoms with Crippen LogP contribution in [0.15, 0.2) is 24.3 Å². The molecule has 2 rings (SSSR count). The molecule has 0 aliphatic heterocycles. The predicted octanol–water partition coefficient (Wildman–Crippen LogP) is 2.27. The topological polar surface area (TPSA) is 82.4 Å². The Bertz CT molecular complexity index is 666. The van der Waals surface area contributed by atoms with E-state index in [1.165, 1.54) is 7.11 Å². The number of halogens is 1. The Morgan fingerprint density at radius 1 is 1.32 bits per heavy atom. The average molecular weight is 364 g/mol. The van der Waals surface area contributed by atoms with E-state index in [0.29, 0.717) is 24.4 Å². The maximum absolute atomic E-state index is 12.4. The van der Waals surface area contributed by atoms with Gasteiger partial charge in [-0.1, -0.05) is 29.8 Å². The average Bonchev–Trinajstić information content (AvgIpc) is 3.05. The second-order valence-corrected chi connectivity index (χ2v) is 6.67. The van der Waals surface area contributed by atoms with Crippen molar-refractivity contribution >= 4 is 23.5 Å². The van der Waals surface area contributed by atoms with Gasteiger partial charge in [-0.25, -0.2) is 0 Å². The molecule has 1 amide bonds. The minimum absolute atomic E-state index is 0.0102. The molecule has 0 bridgehead atoms. The molecule has 0 aromatic heterocycles. The standard InChI is InChI=1S/C18H22ClN3O3/c1-25-17(24)12-22(10-14-6-2-3-7-15(14)19)11-16(23)21-18(13-20)8-4-5-9-18/h2-3,6-7H,4-5,8-12H2,1H3,(H,21,23). The molecular formula is C18H22ClN3O3. The van der Waals surface area contributed by atoms with Gasteiger partial charge in [0.15, 0.2) is 0 Å². The van der Waals surface area contributed by atoms with Crippen LogP contribution in [0.25, 0.3) is 0 Å². The molecular weight excluding hydrogens is 342 g/mol. The fourth-order valence-electron chi connectivity index (χ4n) is 3.04. The Morgan fingerprint density at radius 3 is 2.60 bits per heavy atom. The van der Waals surface area contributed by atoms with Gasteiger partial charge in [-0.3, -0.25) is 14.5 Å². The van der Waals surface area contributed by atoms with Crippen molar-refractivity contribution in [1.29, 1.82) is 5.26 Å². The van der Waals surface area contributed by atoms with Gasteiger partial charge in [-0.2, -0.15) is 5.26 Å². The van der Waals surface area contributed by atoms with E-state index in [4.69, 9.17) is 16.3 Å². The Labute approximate surface area is 152 Å². The first-order valence-corrected chi connectivity index (χ1v) is 8.60. The number of rotatable bonds is 7. The van der Waals surface area contributed by atoms with Crippen molar-refractivity contribution in [3.63, 3.8) is 0 Å². The lowest BCUT2D eigenvalue weighted by Gasteiger charge is -2.26. The van der Waals surface area contributed by atoms with Crippen molar-refractivity contribution < 1.29 is 14.3 Å². The van der Waals surface area contributed by atoms with Crippen molar-refractivity contribution in [2.75, 3.05) is 20.2 Å². The molecule has 1 aromatic carbocycles. The predicted molar refractivity (Wildman–Crippen MR) is 93.7 cm³/mol. The summed E-state index contributed by atoms with van der Waals surface area (Å²) in [6.45, 7) is 0.292. The molecule has 1 fully saturated rings. The molecule has 0 saturated heterocycles. The molecule has 1 saturated carbocycles. The molecule has 1 aromatic rings. The summed E-state index contributed by atoms with van der Waals surface area (Å²) in [6.07, 6.45) is 3.19. The van der Waals surface area contributed by atoms with Crippen LogP contribution in [0.5, 0.6) is 0 Å². The minimum atomic E-state index is -0.779. The Hall–Kier alpha value is -2.10. The van der Waals surface area contributed by atoms with E-state index in [1.807, 2.05) is 18.2 Å². The van der Waals surface area contributed by atoms with Crippen LogP contribution in [0.4, 0.5) is 0 Å². The largest absolute Gasteiger partial charge is 0.468 e. The SMILES string of the molecule is COC(=O)CN(CC(=O)NC1(C#N)CCCC1)Cc1ccccc1Cl. The van der Waals surface area contributed by atoms with Gasteiger partial charge in [0.05, 0.1) is 26.3 Å². The minimum Gasteiger partial charge on any atom is -0.468 e. The van der Waals surface area contributed by atoms with Crippen molar-refractivity contribution in [2.24, 2.45) is 0 Å². The highest BCUT2D eigenvalue weighted by Gasteiger charge is 2.35. The van der Waals surface area contributed by atoms with Crippen LogP contribution in [0.3, 0.4) is 0 Å². The van der Waals surface area contributed by atoms with Gasteiger partial charge in [-0.05, 0) is 37.3 Å². The Kier molecular flexibility index (Phi) is 6.80. The van der Waals surface area contributed by atoms with E-state index in [1.54, 1.807) is 11.0 Å². The van der Waals surface area contributed by atoms with E-state index >= 15 is 0 Å². The fraction of sp³-hybridized carbons (Fsp3) is 0.500. The maximum atomic E-state index is 12.4. The normalized spacial score (nSPS) is 15.6. The quantitative estimate of drug-likeness (QED) is 0.751.